The Bertz CT molecular complexity index is 558. The van der Waals surface area contributed by atoms with Crippen molar-refractivity contribution in [3.63, 3.8) is 0 Å². The maximum atomic E-state index is 13.0. The van der Waals surface area contributed by atoms with Crippen LogP contribution in [0, 0.1) is 0 Å². The van der Waals surface area contributed by atoms with E-state index >= 15 is 0 Å². The van der Waals surface area contributed by atoms with Gasteiger partial charge >= 0.3 is 6.18 Å². The van der Waals surface area contributed by atoms with Crippen molar-refractivity contribution >= 4 is 5.57 Å². The molecule has 1 aromatic rings. The van der Waals surface area contributed by atoms with Crippen molar-refractivity contribution < 1.29 is 13.2 Å². The van der Waals surface area contributed by atoms with E-state index in [9.17, 15) is 13.2 Å². The van der Waals surface area contributed by atoms with Crippen molar-refractivity contribution in [2.24, 2.45) is 0 Å². The van der Waals surface area contributed by atoms with Crippen LogP contribution < -0.4 is 5.32 Å². The molecule has 0 aromatic carbocycles. The number of hydrogen-bond donors (Lipinski definition) is 1. The summed E-state index contributed by atoms with van der Waals surface area (Å²) in [5.41, 5.74) is 0.549. The molecule has 0 spiro atoms. The topological polar surface area (TPSA) is 37.8 Å². The molecule has 2 heterocycles. The normalized spacial score (nSPS) is 18.1. The first kappa shape index (κ1) is 11.4. The fourth-order valence-electron chi connectivity index (χ4n) is 2.06. The van der Waals surface area contributed by atoms with Crippen LogP contribution in [-0.2, 0) is 19.1 Å². The number of rotatable bonds is 1. The Morgan fingerprint density at radius 2 is 2.00 bits per heavy atom. The lowest BCUT2D eigenvalue weighted by molar-refractivity contribution is -0.142. The molecule has 1 aromatic heterocycles. The highest BCUT2D eigenvalue weighted by Gasteiger charge is 2.38. The Hall–Kier alpha value is -1.69. The van der Waals surface area contributed by atoms with E-state index < -0.39 is 11.9 Å². The fourth-order valence-corrected chi connectivity index (χ4v) is 2.06. The van der Waals surface area contributed by atoms with Crippen molar-refractivity contribution in [3.8, 4) is 0 Å². The van der Waals surface area contributed by atoms with Gasteiger partial charge in [-0.05, 0) is 13.0 Å². The van der Waals surface area contributed by atoms with Gasteiger partial charge in [-0.1, -0.05) is 18.2 Å². The number of halogens is 3. The average molecular weight is 253 g/mol. The molecule has 0 saturated heterocycles. The Kier molecular flexibility index (Phi) is 2.48. The summed E-state index contributed by atoms with van der Waals surface area (Å²) in [6, 6.07) is 0. The van der Waals surface area contributed by atoms with Crippen LogP contribution in [0.5, 0.6) is 0 Å². The third-order valence-electron chi connectivity index (χ3n) is 3.02. The summed E-state index contributed by atoms with van der Waals surface area (Å²) in [4.78, 5) is 7.91. The number of nitrogens with zero attached hydrogens (tertiary/aromatic N) is 2. The second-order valence-electron chi connectivity index (χ2n) is 4.23. The van der Waals surface area contributed by atoms with Gasteiger partial charge in [0.25, 0.3) is 0 Å². The zero-order valence-electron chi connectivity index (χ0n) is 9.38. The van der Waals surface area contributed by atoms with E-state index in [1.807, 2.05) is 0 Å². The first-order valence-corrected chi connectivity index (χ1v) is 5.62. The molecule has 0 fully saturated rings. The van der Waals surface area contributed by atoms with E-state index in [1.54, 1.807) is 18.2 Å². The molecule has 0 radical (unpaired) electrons. The van der Waals surface area contributed by atoms with Gasteiger partial charge in [0.1, 0.15) is 0 Å². The number of alkyl halides is 3. The number of fused-ring (bicyclic) bond motifs is 1. The van der Waals surface area contributed by atoms with Gasteiger partial charge < -0.3 is 5.32 Å². The smallest absolute Gasteiger partial charge is 0.311 e. The van der Waals surface area contributed by atoms with Crippen molar-refractivity contribution in [2.45, 2.75) is 19.1 Å². The zero-order chi connectivity index (χ0) is 12.8. The summed E-state index contributed by atoms with van der Waals surface area (Å²) in [7, 11) is 0. The minimum absolute atomic E-state index is 0.160. The predicted molar refractivity (Wildman–Crippen MR) is 59.6 cm³/mol. The standard InChI is InChI=1S/C12H10F3N3/c13-12(14,15)10-8-4-5-16-6-9(8)17-11(18-10)7-2-1-3-7/h1-3,16H,4-6H2. The Morgan fingerprint density at radius 3 is 2.61 bits per heavy atom. The summed E-state index contributed by atoms with van der Waals surface area (Å²) < 4.78 is 39.0. The minimum Gasteiger partial charge on any atom is -0.311 e. The summed E-state index contributed by atoms with van der Waals surface area (Å²) in [6.45, 7) is 0.895. The summed E-state index contributed by atoms with van der Waals surface area (Å²) in [6.07, 6.45) is 1.06. The van der Waals surface area contributed by atoms with Gasteiger partial charge in [-0.15, -0.1) is 0 Å². The van der Waals surface area contributed by atoms with Crippen LogP contribution in [0.4, 0.5) is 13.2 Å². The molecule has 18 heavy (non-hydrogen) atoms. The van der Waals surface area contributed by atoms with Crippen LogP contribution in [0.2, 0.25) is 0 Å². The molecule has 6 heteroatoms. The summed E-state index contributed by atoms with van der Waals surface area (Å²) in [5, 5.41) is 3.03. The molecule has 0 amide bonds. The maximum absolute atomic E-state index is 13.0. The minimum atomic E-state index is -4.42. The van der Waals surface area contributed by atoms with E-state index in [2.05, 4.69) is 15.3 Å². The third-order valence-corrected chi connectivity index (χ3v) is 3.02. The summed E-state index contributed by atoms with van der Waals surface area (Å²) in [5.74, 6) is 0.160. The molecule has 3 rings (SSSR count). The SMILES string of the molecule is FC(F)(F)c1nc(C2=CC=C2)nc2c1CCNC2. The Labute approximate surface area is 101 Å². The lowest BCUT2D eigenvalue weighted by Gasteiger charge is -2.21. The molecule has 0 unspecified atom stereocenters. The van der Waals surface area contributed by atoms with Crippen molar-refractivity contribution in [2.75, 3.05) is 6.54 Å². The van der Waals surface area contributed by atoms with E-state index in [-0.39, 0.29) is 11.4 Å². The van der Waals surface area contributed by atoms with Crippen molar-refractivity contribution in [1.82, 2.24) is 15.3 Å². The molecule has 0 atom stereocenters. The second kappa shape index (κ2) is 3.91. The molecular weight excluding hydrogens is 243 g/mol. The fraction of sp³-hybridized carbons (Fsp3) is 0.333. The van der Waals surface area contributed by atoms with Gasteiger partial charge in [0.15, 0.2) is 11.5 Å². The van der Waals surface area contributed by atoms with Gasteiger partial charge in [0, 0.05) is 17.7 Å². The highest BCUT2D eigenvalue weighted by molar-refractivity contribution is 5.77. The molecule has 0 saturated carbocycles. The molecule has 1 aliphatic heterocycles. The van der Waals surface area contributed by atoms with Crippen LogP contribution >= 0.6 is 0 Å². The highest BCUT2D eigenvalue weighted by atomic mass is 19.4. The van der Waals surface area contributed by atoms with Crippen molar-refractivity contribution in [1.29, 1.82) is 0 Å². The number of aromatic nitrogens is 2. The molecule has 0 bridgehead atoms. The quantitative estimate of drug-likeness (QED) is 0.832. The molecule has 3 nitrogen and oxygen atoms in total. The largest absolute Gasteiger partial charge is 0.433 e. The van der Waals surface area contributed by atoms with Gasteiger partial charge in [-0.3, -0.25) is 0 Å². The Morgan fingerprint density at radius 1 is 1.22 bits per heavy atom. The molecule has 1 N–H and O–H groups in total. The first-order valence-electron chi connectivity index (χ1n) is 5.62. The second-order valence-corrected chi connectivity index (χ2v) is 4.23. The lowest BCUT2D eigenvalue weighted by atomic mass is 10.0. The van der Waals surface area contributed by atoms with Crippen molar-refractivity contribution in [3.05, 3.63) is 41.0 Å². The van der Waals surface area contributed by atoms with E-state index in [4.69, 9.17) is 0 Å². The molecule has 94 valence electrons. The van der Waals surface area contributed by atoms with Gasteiger partial charge in [-0.2, -0.15) is 13.2 Å². The van der Waals surface area contributed by atoms with Crippen LogP contribution in [0.25, 0.3) is 5.57 Å². The third kappa shape index (κ3) is 1.82. The van der Waals surface area contributed by atoms with Crippen LogP contribution in [0.3, 0.4) is 0 Å². The number of hydrogen-bond acceptors (Lipinski definition) is 3. The Balaban J connectivity index is 2.15. The van der Waals surface area contributed by atoms with Crippen LogP contribution in [0.1, 0.15) is 22.8 Å². The molecule has 1 aliphatic carbocycles. The average Bonchev–Trinajstić information content (AvgIpc) is 2.24. The molecular formula is C12H10F3N3. The van der Waals surface area contributed by atoms with Gasteiger partial charge in [0.05, 0.1) is 5.69 Å². The monoisotopic (exact) mass is 253 g/mol. The van der Waals surface area contributed by atoms with Crippen LogP contribution in [-0.4, -0.2) is 16.5 Å². The summed E-state index contributed by atoms with van der Waals surface area (Å²) >= 11 is 0. The van der Waals surface area contributed by atoms with Crippen LogP contribution in [0.15, 0.2) is 18.2 Å². The first-order chi connectivity index (χ1) is 8.55. The number of allylic oxidation sites excluding steroid dienone is 4. The molecule has 2 aliphatic rings. The lowest BCUT2D eigenvalue weighted by Crippen LogP contribution is -2.29. The van der Waals surface area contributed by atoms with E-state index in [0.717, 1.165) is 0 Å². The van der Waals surface area contributed by atoms with E-state index in [1.165, 1.54) is 0 Å². The predicted octanol–water partition coefficient (Wildman–Crippen LogP) is 2.09. The van der Waals surface area contributed by atoms with Gasteiger partial charge in [-0.25, -0.2) is 9.97 Å². The van der Waals surface area contributed by atoms with Gasteiger partial charge in [0.2, 0.25) is 0 Å². The maximum Gasteiger partial charge on any atom is 0.433 e. The van der Waals surface area contributed by atoms with E-state index in [0.29, 0.717) is 30.8 Å². The highest BCUT2D eigenvalue weighted by Crippen LogP contribution is 2.34. The number of nitrogens with one attached hydrogen (secondary N) is 1. The zero-order valence-corrected chi connectivity index (χ0v) is 9.38.